The fourth-order valence-corrected chi connectivity index (χ4v) is 3.16. The third kappa shape index (κ3) is 4.67. The summed E-state index contributed by atoms with van der Waals surface area (Å²) in [6, 6.07) is 22.1. The molecule has 0 radical (unpaired) electrons. The minimum atomic E-state index is -0.176. The summed E-state index contributed by atoms with van der Waals surface area (Å²) in [6.45, 7) is 2.69. The predicted octanol–water partition coefficient (Wildman–Crippen LogP) is 6.05. The van der Waals surface area contributed by atoms with Crippen molar-refractivity contribution >= 4 is 28.5 Å². The third-order valence-electron chi connectivity index (χ3n) is 4.79. The lowest BCUT2D eigenvalue weighted by atomic mass is 10.0. The zero-order chi connectivity index (χ0) is 21.6. The Labute approximate surface area is 180 Å². The number of ketones is 1. The van der Waals surface area contributed by atoms with Crippen molar-refractivity contribution < 1.29 is 18.7 Å². The molecular formula is C26H23NO4. The van der Waals surface area contributed by atoms with Gasteiger partial charge < -0.3 is 13.9 Å². The molecule has 0 saturated carbocycles. The number of benzene rings is 3. The zero-order valence-corrected chi connectivity index (χ0v) is 17.5. The van der Waals surface area contributed by atoms with Gasteiger partial charge in [-0.05, 0) is 66.6 Å². The van der Waals surface area contributed by atoms with E-state index >= 15 is 0 Å². The lowest BCUT2D eigenvalue weighted by molar-refractivity contribution is 0.105. The molecule has 0 saturated heterocycles. The van der Waals surface area contributed by atoms with Crippen molar-refractivity contribution in [1.82, 2.24) is 4.98 Å². The standard InChI is InChI=1S/C26H23NO4/c1-3-16-30-21-14-10-19(11-15-21)25(28)22(17-18-8-12-20(29-2)13-9-18)26-27-23-6-4-5-7-24(23)31-26/h4-15,17H,3,16H2,1-2H3/b22-17+. The summed E-state index contributed by atoms with van der Waals surface area (Å²) in [7, 11) is 1.62. The van der Waals surface area contributed by atoms with Crippen molar-refractivity contribution in [3.63, 3.8) is 0 Å². The lowest BCUT2D eigenvalue weighted by Crippen LogP contribution is -2.04. The summed E-state index contributed by atoms with van der Waals surface area (Å²) in [6.07, 6.45) is 2.71. The van der Waals surface area contributed by atoms with Gasteiger partial charge in [0.1, 0.15) is 17.0 Å². The van der Waals surface area contributed by atoms with E-state index in [9.17, 15) is 4.79 Å². The van der Waals surface area contributed by atoms with Gasteiger partial charge >= 0.3 is 0 Å². The number of hydrogen-bond acceptors (Lipinski definition) is 5. The van der Waals surface area contributed by atoms with Crippen LogP contribution < -0.4 is 9.47 Å². The van der Waals surface area contributed by atoms with Gasteiger partial charge in [0, 0.05) is 5.56 Å². The van der Waals surface area contributed by atoms with Gasteiger partial charge in [0.2, 0.25) is 5.89 Å². The number of Topliss-reactive ketones (excluding diaryl/α,β-unsaturated/α-hetero) is 1. The molecule has 1 aromatic heterocycles. The molecule has 31 heavy (non-hydrogen) atoms. The number of allylic oxidation sites excluding steroid dienone is 1. The minimum Gasteiger partial charge on any atom is -0.497 e. The molecule has 0 aliphatic heterocycles. The maximum Gasteiger partial charge on any atom is 0.231 e. The van der Waals surface area contributed by atoms with Gasteiger partial charge in [-0.1, -0.05) is 31.2 Å². The molecule has 4 rings (SSSR count). The number of methoxy groups -OCH3 is 1. The Morgan fingerprint density at radius 1 is 0.968 bits per heavy atom. The average Bonchev–Trinajstić information content (AvgIpc) is 3.25. The van der Waals surface area contributed by atoms with E-state index in [4.69, 9.17) is 13.9 Å². The highest BCUT2D eigenvalue weighted by Crippen LogP contribution is 2.27. The van der Waals surface area contributed by atoms with Gasteiger partial charge in [-0.25, -0.2) is 4.98 Å². The minimum absolute atomic E-state index is 0.176. The van der Waals surface area contributed by atoms with Crippen LogP contribution in [0.2, 0.25) is 0 Å². The SMILES string of the molecule is CCCOc1ccc(C(=O)/C(=C\c2ccc(OC)cc2)c2nc3ccccc3o2)cc1. The second kappa shape index (κ2) is 9.30. The van der Waals surface area contributed by atoms with Crippen LogP contribution in [0.1, 0.15) is 35.2 Å². The van der Waals surface area contributed by atoms with E-state index in [2.05, 4.69) is 11.9 Å². The second-order valence-corrected chi connectivity index (χ2v) is 7.02. The predicted molar refractivity (Wildman–Crippen MR) is 121 cm³/mol. The second-order valence-electron chi connectivity index (χ2n) is 7.02. The maximum absolute atomic E-state index is 13.4. The number of carbonyl (C=O) groups excluding carboxylic acids is 1. The first kappa shape index (κ1) is 20.4. The first-order valence-electron chi connectivity index (χ1n) is 10.2. The molecule has 5 heteroatoms. The normalized spacial score (nSPS) is 11.5. The van der Waals surface area contributed by atoms with Crippen molar-refractivity contribution in [3.8, 4) is 11.5 Å². The topological polar surface area (TPSA) is 61.6 Å². The van der Waals surface area contributed by atoms with Crippen LogP contribution in [0.25, 0.3) is 22.7 Å². The summed E-state index contributed by atoms with van der Waals surface area (Å²) >= 11 is 0. The number of carbonyl (C=O) groups is 1. The van der Waals surface area contributed by atoms with Crippen molar-refractivity contribution in [1.29, 1.82) is 0 Å². The number of para-hydroxylation sites is 2. The van der Waals surface area contributed by atoms with Gasteiger partial charge in [-0.3, -0.25) is 4.79 Å². The molecule has 156 valence electrons. The highest BCUT2D eigenvalue weighted by Gasteiger charge is 2.20. The number of fused-ring (bicyclic) bond motifs is 1. The molecule has 0 N–H and O–H groups in total. The zero-order valence-electron chi connectivity index (χ0n) is 17.5. The van der Waals surface area contributed by atoms with Crippen LogP contribution in [0.4, 0.5) is 0 Å². The van der Waals surface area contributed by atoms with Crippen molar-refractivity contribution in [2.75, 3.05) is 13.7 Å². The van der Waals surface area contributed by atoms with E-state index in [0.29, 0.717) is 28.8 Å². The number of aromatic nitrogens is 1. The summed E-state index contributed by atoms with van der Waals surface area (Å²) in [5, 5.41) is 0. The van der Waals surface area contributed by atoms with E-state index in [0.717, 1.165) is 23.5 Å². The van der Waals surface area contributed by atoms with Gasteiger partial charge in [0.05, 0.1) is 19.3 Å². The fourth-order valence-electron chi connectivity index (χ4n) is 3.16. The summed E-state index contributed by atoms with van der Waals surface area (Å²) in [5.41, 5.74) is 3.09. The van der Waals surface area contributed by atoms with Gasteiger partial charge in [-0.15, -0.1) is 0 Å². The Morgan fingerprint density at radius 3 is 2.35 bits per heavy atom. The molecule has 0 aliphatic rings. The summed E-state index contributed by atoms with van der Waals surface area (Å²) in [4.78, 5) is 18.0. The summed E-state index contributed by atoms with van der Waals surface area (Å²) in [5.74, 6) is 1.59. The van der Waals surface area contributed by atoms with E-state index in [1.165, 1.54) is 0 Å². The Morgan fingerprint density at radius 2 is 1.68 bits per heavy atom. The van der Waals surface area contributed by atoms with Crippen LogP contribution in [-0.2, 0) is 0 Å². The Balaban J connectivity index is 1.73. The smallest absolute Gasteiger partial charge is 0.231 e. The van der Waals surface area contributed by atoms with Crippen LogP contribution in [0.15, 0.2) is 77.2 Å². The molecule has 0 fully saturated rings. The molecule has 0 spiro atoms. The molecular weight excluding hydrogens is 390 g/mol. The monoisotopic (exact) mass is 413 g/mol. The molecule has 4 aromatic rings. The Hall–Kier alpha value is -3.86. The molecule has 5 nitrogen and oxygen atoms in total. The molecule has 0 amide bonds. The average molecular weight is 413 g/mol. The molecule has 3 aromatic carbocycles. The first-order chi connectivity index (χ1) is 15.2. The van der Waals surface area contributed by atoms with Gasteiger partial charge in [0.25, 0.3) is 0 Å². The maximum atomic E-state index is 13.4. The van der Waals surface area contributed by atoms with Gasteiger partial charge in [0.15, 0.2) is 11.4 Å². The lowest BCUT2D eigenvalue weighted by Gasteiger charge is -2.07. The van der Waals surface area contributed by atoms with E-state index in [1.807, 2.05) is 48.5 Å². The van der Waals surface area contributed by atoms with Crippen LogP contribution in [0, 0.1) is 0 Å². The summed E-state index contributed by atoms with van der Waals surface area (Å²) < 4.78 is 16.8. The van der Waals surface area contributed by atoms with Crippen LogP contribution in [0.5, 0.6) is 11.5 Å². The van der Waals surface area contributed by atoms with E-state index < -0.39 is 0 Å². The largest absolute Gasteiger partial charge is 0.497 e. The Bertz CT molecular complexity index is 1170. The number of rotatable bonds is 8. The van der Waals surface area contributed by atoms with E-state index in [1.54, 1.807) is 37.5 Å². The number of oxazole rings is 1. The molecule has 0 aliphatic carbocycles. The highest BCUT2D eigenvalue weighted by atomic mass is 16.5. The third-order valence-corrected chi connectivity index (χ3v) is 4.79. The van der Waals surface area contributed by atoms with Crippen molar-refractivity contribution in [2.24, 2.45) is 0 Å². The molecule has 1 heterocycles. The molecule has 0 atom stereocenters. The fraction of sp³-hybridized carbons (Fsp3) is 0.154. The van der Waals surface area contributed by atoms with Crippen LogP contribution >= 0.6 is 0 Å². The van der Waals surface area contributed by atoms with Crippen LogP contribution in [0.3, 0.4) is 0 Å². The van der Waals surface area contributed by atoms with Crippen molar-refractivity contribution in [2.45, 2.75) is 13.3 Å². The molecule has 0 unspecified atom stereocenters. The highest BCUT2D eigenvalue weighted by molar-refractivity contribution is 6.31. The van der Waals surface area contributed by atoms with E-state index in [-0.39, 0.29) is 11.7 Å². The molecule has 0 bridgehead atoms. The van der Waals surface area contributed by atoms with Crippen LogP contribution in [-0.4, -0.2) is 24.5 Å². The van der Waals surface area contributed by atoms with Gasteiger partial charge in [-0.2, -0.15) is 0 Å². The number of hydrogen-bond donors (Lipinski definition) is 0. The number of ether oxygens (including phenoxy) is 2. The number of nitrogens with zero attached hydrogens (tertiary/aromatic N) is 1. The Kier molecular flexibility index (Phi) is 6.13. The quantitative estimate of drug-likeness (QED) is 0.260. The van der Waals surface area contributed by atoms with Crippen molar-refractivity contribution in [3.05, 3.63) is 89.8 Å². The first-order valence-corrected chi connectivity index (χ1v) is 10.2.